The fraction of sp³-hybridized carbons (Fsp3) is 0.167. The number of H-pyrrole nitrogens is 1. The summed E-state index contributed by atoms with van der Waals surface area (Å²) in [5.41, 5.74) is 5.10. The molecule has 0 aliphatic carbocycles. The van der Waals surface area contributed by atoms with Crippen LogP contribution in [-0.2, 0) is 4.79 Å². The third kappa shape index (κ3) is 4.81. The fourth-order valence-corrected chi connectivity index (χ4v) is 3.28. The number of ether oxygens (including phenoxy) is 1. The number of hydrogen-bond donors (Lipinski definition) is 2. The van der Waals surface area contributed by atoms with Crippen LogP contribution in [0.15, 0.2) is 67.4 Å². The van der Waals surface area contributed by atoms with Crippen molar-refractivity contribution in [1.82, 2.24) is 24.8 Å². The Balaban J connectivity index is 1.60. The number of pyridine rings is 3. The molecule has 4 heterocycles. The number of anilines is 1. The van der Waals surface area contributed by atoms with Crippen molar-refractivity contribution in [3.05, 3.63) is 67.4 Å². The summed E-state index contributed by atoms with van der Waals surface area (Å²) in [6.07, 6.45) is 12.2. The van der Waals surface area contributed by atoms with Crippen LogP contribution in [0.5, 0.6) is 5.88 Å². The van der Waals surface area contributed by atoms with E-state index in [0.717, 1.165) is 33.3 Å². The first-order chi connectivity index (χ1) is 15.5. The molecule has 32 heavy (non-hydrogen) atoms. The average molecular weight is 428 g/mol. The molecule has 162 valence electrons. The molecule has 2 N–H and O–H groups in total. The summed E-state index contributed by atoms with van der Waals surface area (Å²) >= 11 is 0. The molecule has 0 radical (unpaired) electrons. The predicted molar refractivity (Wildman–Crippen MR) is 125 cm³/mol. The van der Waals surface area contributed by atoms with Gasteiger partial charge >= 0.3 is 0 Å². The number of carbonyl (C=O) groups excluding carboxylic acids is 1. The van der Waals surface area contributed by atoms with E-state index in [1.165, 1.54) is 6.08 Å². The number of hydrogen-bond acceptors (Lipinski definition) is 6. The van der Waals surface area contributed by atoms with Crippen LogP contribution in [0, 0.1) is 0 Å². The van der Waals surface area contributed by atoms with Crippen LogP contribution in [0.2, 0.25) is 0 Å². The molecule has 0 unspecified atom stereocenters. The Morgan fingerprint density at radius 2 is 1.91 bits per heavy atom. The maximum absolute atomic E-state index is 12.2. The zero-order valence-corrected chi connectivity index (χ0v) is 18.2. The number of nitrogens with zero attached hydrogens (tertiary/aromatic N) is 4. The second-order valence-electron chi connectivity index (χ2n) is 7.53. The number of aromatic amines is 1. The molecule has 0 fully saturated rings. The Morgan fingerprint density at radius 3 is 2.66 bits per heavy atom. The molecule has 0 aromatic carbocycles. The van der Waals surface area contributed by atoms with Gasteiger partial charge in [-0.15, -0.1) is 0 Å². The van der Waals surface area contributed by atoms with Crippen LogP contribution in [0.4, 0.5) is 5.69 Å². The summed E-state index contributed by atoms with van der Waals surface area (Å²) in [6, 6.07) is 7.73. The maximum atomic E-state index is 12.2. The van der Waals surface area contributed by atoms with Crippen LogP contribution >= 0.6 is 0 Å². The van der Waals surface area contributed by atoms with Crippen LogP contribution in [0.25, 0.3) is 33.3 Å². The lowest BCUT2D eigenvalue weighted by molar-refractivity contribution is -0.111. The molecule has 8 nitrogen and oxygen atoms in total. The first-order valence-electron chi connectivity index (χ1n) is 10.1. The molecule has 4 aromatic heterocycles. The Morgan fingerprint density at radius 1 is 1.09 bits per heavy atom. The highest BCUT2D eigenvalue weighted by Crippen LogP contribution is 2.31. The lowest BCUT2D eigenvalue weighted by Gasteiger charge is -2.07. The van der Waals surface area contributed by atoms with E-state index in [4.69, 9.17) is 4.74 Å². The minimum absolute atomic E-state index is 0.195. The van der Waals surface area contributed by atoms with Crippen molar-refractivity contribution in [2.45, 2.75) is 0 Å². The summed E-state index contributed by atoms with van der Waals surface area (Å²) in [6.45, 7) is 0.695. The van der Waals surface area contributed by atoms with Gasteiger partial charge in [-0.2, -0.15) is 0 Å². The Kier molecular flexibility index (Phi) is 6.23. The summed E-state index contributed by atoms with van der Waals surface area (Å²) in [7, 11) is 5.48. The van der Waals surface area contributed by atoms with Crippen molar-refractivity contribution in [2.75, 3.05) is 33.1 Å². The molecule has 8 heteroatoms. The topological polar surface area (TPSA) is 96.0 Å². The Hall–Kier alpha value is -4.04. The first kappa shape index (κ1) is 21.2. The van der Waals surface area contributed by atoms with Crippen molar-refractivity contribution in [3.63, 3.8) is 0 Å². The van der Waals surface area contributed by atoms with Gasteiger partial charge in [0.1, 0.15) is 5.65 Å². The molecule has 0 aliphatic heterocycles. The van der Waals surface area contributed by atoms with E-state index < -0.39 is 0 Å². The Labute approximate surface area is 186 Å². The van der Waals surface area contributed by atoms with E-state index in [2.05, 4.69) is 31.3 Å². The molecule has 0 bridgehead atoms. The normalized spacial score (nSPS) is 11.4. The van der Waals surface area contributed by atoms with E-state index in [0.29, 0.717) is 18.1 Å². The number of fused-ring (bicyclic) bond motifs is 1. The minimum atomic E-state index is -0.195. The highest BCUT2D eigenvalue weighted by Gasteiger charge is 2.11. The van der Waals surface area contributed by atoms with Crippen molar-refractivity contribution < 1.29 is 9.53 Å². The highest BCUT2D eigenvalue weighted by molar-refractivity contribution is 6.00. The van der Waals surface area contributed by atoms with Crippen molar-refractivity contribution >= 4 is 22.6 Å². The predicted octanol–water partition coefficient (Wildman–Crippen LogP) is 3.75. The van der Waals surface area contributed by atoms with Gasteiger partial charge in [0.25, 0.3) is 0 Å². The first-order valence-corrected chi connectivity index (χ1v) is 10.1. The zero-order chi connectivity index (χ0) is 22.5. The third-order valence-electron chi connectivity index (χ3n) is 4.87. The molecule has 0 saturated heterocycles. The number of nitrogens with one attached hydrogen (secondary N) is 2. The summed E-state index contributed by atoms with van der Waals surface area (Å²) in [5, 5.41) is 3.82. The fourth-order valence-electron chi connectivity index (χ4n) is 3.28. The number of amides is 1. The van der Waals surface area contributed by atoms with Crippen LogP contribution in [0.1, 0.15) is 0 Å². The van der Waals surface area contributed by atoms with Crippen molar-refractivity contribution in [1.29, 1.82) is 0 Å². The lowest BCUT2D eigenvalue weighted by atomic mass is 10.0. The van der Waals surface area contributed by atoms with Crippen LogP contribution in [0.3, 0.4) is 0 Å². The zero-order valence-electron chi connectivity index (χ0n) is 18.2. The maximum Gasteiger partial charge on any atom is 0.248 e. The lowest BCUT2D eigenvalue weighted by Crippen LogP contribution is -2.13. The van der Waals surface area contributed by atoms with Gasteiger partial charge in [0, 0.05) is 71.1 Å². The quantitative estimate of drug-likeness (QED) is 0.435. The van der Waals surface area contributed by atoms with Crippen molar-refractivity contribution in [3.8, 4) is 28.1 Å². The number of carbonyl (C=O) groups is 1. The smallest absolute Gasteiger partial charge is 0.248 e. The highest BCUT2D eigenvalue weighted by atomic mass is 16.5. The van der Waals surface area contributed by atoms with E-state index in [1.54, 1.807) is 31.9 Å². The number of likely N-dealkylation sites (N-methyl/N-ethyl adjacent to an activating group) is 1. The van der Waals surface area contributed by atoms with Crippen LogP contribution < -0.4 is 10.1 Å². The average Bonchev–Trinajstić information content (AvgIpc) is 3.22. The van der Waals surface area contributed by atoms with Gasteiger partial charge in [0.05, 0.1) is 19.0 Å². The van der Waals surface area contributed by atoms with Gasteiger partial charge in [-0.3, -0.25) is 9.78 Å². The SMILES string of the molecule is COc1ccc(-c2c[nH]c3ncc(-c4cncc(NC(=O)/C=C/CN(C)C)c4)cc23)cn1. The van der Waals surface area contributed by atoms with Gasteiger partial charge in [-0.1, -0.05) is 6.08 Å². The van der Waals surface area contributed by atoms with Gasteiger partial charge < -0.3 is 19.9 Å². The van der Waals surface area contributed by atoms with E-state index in [1.807, 2.05) is 49.5 Å². The van der Waals surface area contributed by atoms with Gasteiger partial charge in [-0.05, 0) is 32.3 Å². The monoisotopic (exact) mass is 428 g/mol. The third-order valence-corrected chi connectivity index (χ3v) is 4.87. The molecule has 0 aliphatic rings. The van der Waals surface area contributed by atoms with Gasteiger partial charge in [0.15, 0.2) is 0 Å². The summed E-state index contributed by atoms with van der Waals surface area (Å²) in [4.78, 5) is 30.5. The number of rotatable bonds is 7. The minimum Gasteiger partial charge on any atom is -0.481 e. The molecule has 0 atom stereocenters. The molecule has 0 saturated carbocycles. The molecular weight excluding hydrogens is 404 g/mol. The molecule has 0 spiro atoms. The van der Waals surface area contributed by atoms with Gasteiger partial charge in [-0.25, -0.2) is 9.97 Å². The van der Waals surface area contributed by atoms with Crippen molar-refractivity contribution in [2.24, 2.45) is 0 Å². The Bertz CT molecular complexity index is 1260. The number of methoxy groups -OCH3 is 1. The second-order valence-corrected chi connectivity index (χ2v) is 7.53. The van der Waals surface area contributed by atoms with E-state index in [-0.39, 0.29) is 5.91 Å². The summed E-state index contributed by atoms with van der Waals surface area (Å²) < 4.78 is 5.15. The number of aromatic nitrogens is 4. The van der Waals surface area contributed by atoms with E-state index in [9.17, 15) is 4.79 Å². The molecule has 4 rings (SSSR count). The largest absolute Gasteiger partial charge is 0.481 e. The second kappa shape index (κ2) is 9.40. The van der Waals surface area contributed by atoms with Gasteiger partial charge in [0.2, 0.25) is 11.8 Å². The summed E-state index contributed by atoms with van der Waals surface area (Å²) in [5.74, 6) is 0.369. The standard InChI is InChI=1S/C24H24N6O2/c1-30(2)8-4-5-22(31)29-19-9-17(11-25-14-19)18-10-20-21(15-28-24(20)27-13-18)16-6-7-23(32-3)26-12-16/h4-7,9-15H,8H2,1-3H3,(H,27,28)(H,29,31)/b5-4+. The van der Waals surface area contributed by atoms with E-state index >= 15 is 0 Å². The molecular formula is C24H24N6O2. The molecule has 4 aromatic rings. The molecule has 1 amide bonds. The van der Waals surface area contributed by atoms with Crippen LogP contribution in [-0.4, -0.2) is 58.5 Å².